The molecule has 0 unspecified atom stereocenters. The second kappa shape index (κ2) is 7.20. The van der Waals surface area contributed by atoms with Crippen molar-refractivity contribution in [2.75, 3.05) is 11.9 Å². The predicted octanol–water partition coefficient (Wildman–Crippen LogP) is 3.32. The van der Waals surface area contributed by atoms with Gasteiger partial charge in [-0.3, -0.25) is 4.79 Å². The van der Waals surface area contributed by atoms with E-state index in [2.05, 4.69) is 10.3 Å². The molecule has 0 fully saturated rings. The van der Waals surface area contributed by atoms with E-state index in [1.54, 1.807) is 0 Å². The minimum Gasteiger partial charge on any atom is -0.452 e. The smallest absolute Gasteiger partial charge is 0.340 e. The molecule has 114 valence electrons. The van der Waals surface area contributed by atoms with E-state index in [-0.39, 0.29) is 15.7 Å². The van der Waals surface area contributed by atoms with Crippen molar-refractivity contribution in [1.82, 2.24) is 4.98 Å². The molecule has 2 rings (SSSR count). The van der Waals surface area contributed by atoms with Crippen LogP contribution in [-0.4, -0.2) is 23.5 Å². The Labute approximate surface area is 135 Å². The maximum absolute atomic E-state index is 12.7. The first kappa shape index (κ1) is 16.2. The largest absolute Gasteiger partial charge is 0.452 e. The molecule has 0 saturated carbocycles. The average Bonchev–Trinajstić information content (AvgIpc) is 2.50. The number of carbonyl (C=O) groups excluding carboxylic acids is 2. The first-order valence-electron chi connectivity index (χ1n) is 5.99. The van der Waals surface area contributed by atoms with Crippen molar-refractivity contribution in [3.8, 4) is 0 Å². The molecule has 0 aliphatic heterocycles. The van der Waals surface area contributed by atoms with Gasteiger partial charge in [0, 0.05) is 11.9 Å². The van der Waals surface area contributed by atoms with Crippen molar-refractivity contribution >= 4 is 40.8 Å². The van der Waals surface area contributed by atoms with Gasteiger partial charge in [0.15, 0.2) is 6.61 Å². The van der Waals surface area contributed by atoms with Crippen LogP contribution in [0.1, 0.15) is 10.4 Å². The molecule has 1 aromatic heterocycles. The molecule has 1 amide bonds. The standard InChI is InChI=1S/C14H9Cl2FN2O3/c15-11-5-8(6-18-13(11)16)14(21)22-7-12(20)19-10-3-1-9(17)2-4-10/h1-6H,7H2,(H,19,20). The zero-order chi connectivity index (χ0) is 16.1. The number of nitrogens with one attached hydrogen (secondary N) is 1. The van der Waals surface area contributed by atoms with Crippen LogP contribution in [0, 0.1) is 5.82 Å². The molecule has 0 saturated heterocycles. The maximum Gasteiger partial charge on any atom is 0.340 e. The fourth-order valence-corrected chi connectivity index (χ4v) is 1.75. The van der Waals surface area contributed by atoms with E-state index in [4.69, 9.17) is 27.9 Å². The number of rotatable bonds is 4. The van der Waals surface area contributed by atoms with Crippen molar-refractivity contribution in [3.63, 3.8) is 0 Å². The van der Waals surface area contributed by atoms with Gasteiger partial charge in [0.05, 0.1) is 10.6 Å². The van der Waals surface area contributed by atoms with Gasteiger partial charge < -0.3 is 10.1 Å². The number of hydrogen-bond donors (Lipinski definition) is 1. The third-order valence-electron chi connectivity index (χ3n) is 2.49. The Balaban J connectivity index is 1.88. The summed E-state index contributed by atoms with van der Waals surface area (Å²) in [6.45, 7) is -0.504. The molecule has 2 aromatic rings. The summed E-state index contributed by atoms with van der Waals surface area (Å²) < 4.78 is 17.5. The van der Waals surface area contributed by atoms with Gasteiger partial charge in [0.2, 0.25) is 0 Å². The molecule has 5 nitrogen and oxygen atoms in total. The summed E-state index contributed by atoms with van der Waals surface area (Å²) >= 11 is 11.4. The van der Waals surface area contributed by atoms with Gasteiger partial charge in [-0.15, -0.1) is 0 Å². The zero-order valence-electron chi connectivity index (χ0n) is 11.0. The summed E-state index contributed by atoms with van der Waals surface area (Å²) in [4.78, 5) is 27.0. The van der Waals surface area contributed by atoms with Gasteiger partial charge in [0.1, 0.15) is 11.0 Å². The molecule has 0 aliphatic carbocycles. The van der Waals surface area contributed by atoms with Crippen molar-refractivity contribution in [3.05, 3.63) is 58.1 Å². The first-order valence-corrected chi connectivity index (χ1v) is 6.75. The van der Waals surface area contributed by atoms with Crippen LogP contribution in [0.3, 0.4) is 0 Å². The Hall–Kier alpha value is -2.18. The third kappa shape index (κ3) is 4.41. The highest BCUT2D eigenvalue weighted by molar-refractivity contribution is 6.41. The van der Waals surface area contributed by atoms with Crippen LogP contribution in [0.15, 0.2) is 36.5 Å². The van der Waals surface area contributed by atoms with Crippen molar-refractivity contribution < 1.29 is 18.7 Å². The lowest BCUT2D eigenvalue weighted by Crippen LogP contribution is -2.21. The Morgan fingerprint density at radius 1 is 1.23 bits per heavy atom. The monoisotopic (exact) mass is 342 g/mol. The molecule has 0 aliphatic rings. The molecule has 1 N–H and O–H groups in total. The summed E-state index contributed by atoms with van der Waals surface area (Å²) in [6, 6.07) is 6.46. The second-order valence-electron chi connectivity index (χ2n) is 4.13. The molecule has 22 heavy (non-hydrogen) atoms. The molecule has 0 radical (unpaired) electrons. The number of amides is 1. The average molecular weight is 343 g/mol. The molecule has 0 spiro atoms. The first-order chi connectivity index (χ1) is 10.5. The molecule has 0 atom stereocenters. The third-order valence-corrected chi connectivity index (χ3v) is 3.18. The fraction of sp³-hybridized carbons (Fsp3) is 0.0714. The molecular weight excluding hydrogens is 334 g/mol. The molecule has 0 bridgehead atoms. The summed E-state index contributed by atoms with van der Waals surface area (Å²) in [5.74, 6) is -1.75. The van der Waals surface area contributed by atoms with Crippen LogP contribution in [0.2, 0.25) is 10.2 Å². The quantitative estimate of drug-likeness (QED) is 0.683. The summed E-state index contributed by atoms with van der Waals surface area (Å²) in [6.07, 6.45) is 1.19. The Morgan fingerprint density at radius 3 is 2.55 bits per heavy atom. The van der Waals surface area contributed by atoms with E-state index in [1.165, 1.54) is 36.5 Å². The van der Waals surface area contributed by atoms with Crippen LogP contribution >= 0.6 is 23.2 Å². The number of halogens is 3. The molecule has 1 heterocycles. The van der Waals surface area contributed by atoms with Crippen LogP contribution in [0.5, 0.6) is 0 Å². The lowest BCUT2D eigenvalue weighted by molar-refractivity contribution is -0.119. The Morgan fingerprint density at radius 2 is 1.91 bits per heavy atom. The topological polar surface area (TPSA) is 68.3 Å². The number of hydrogen-bond acceptors (Lipinski definition) is 4. The summed E-state index contributed by atoms with van der Waals surface area (Å²) in [7, 11) is 0. The van der Waals surface area contributed by atoms with Gasteiger partial charge in [-0.1, -0.05) is 23.2 Å². The van der Waals surface area contributed by atoms with E-state index >= 15 is 0 Å². The van der Waals surface area contributed by atoms with Gasteiger partial charge in [0.25, 0.3) is 5.91 Å². The van der Waals surface area contributed by atoms with Crippen LogP contribution in [0.25, 0.3) is 0 Å². The number of pyridine rings is 1. The number of ether oxygens (including phenoxy) is 1. The van der Waals surface area contributed by atoms with Gasteiger partial charge in [-0.25, -0.2) is 14.2 Å². The fourth-order valence-electron chi connectivity index (χ4n) is 1.48. The second-order valence-corrected chi connectivity index (χ2v) is 4.89. The highest BCUT2D eigenvalue weighted by atomic mass is 35.5. The highest BCUT2D eigenvalue weighted by Crippen LogP contribution is 2.20. The number of aromatic nitrogens is 1. The van der Waals surface area contributed by atoms with Crippen LogP contribution < -0.4 is 5.32 Å². The van der Waals surface area contributed by atoms with Crippen LogP contribution in [-0.2, 0) is 9.53 Å². The van der Waals surface area contributed by atoms with E-state index in [1.807, 2.05) is 0 Å². The van der Waals surface area contributed by atoms with E-state index in [0.717, 1.165) is 0 Å². The molecule has 8 heteroatoms. The zero-order valence-corrected chi connectivity index (χ0v) is 12.5. The van der Waals surface area contributed by atoms with E-state index < -0.39 is 24.3 Å². The van der Waals surface area contributed by atoms with Crippen molar-refractivity contribution in [2.24, 2.45) is 0 Å². The number of esters is 1. The number of benzene rings is 1. The van der Waals surface area contributed by atoms with E-state index in [0.29, 0.717) is 5.69 Å². The number of carbonyl (C=O) groups is 2. The molecule has 1 aromatic carbocycles. The van der Waals surface area contributed by atoms with Gasteiger partial charge in [-0.05, 0) is 30.3 Å². The highest BCUT2D eigenvalue weighted by Gasteiger charge is 2.12. The number of nitrogens with zero attached hydrogens (tertiary/aromatic N) is 1. The lowest BCUT2D eigenvalue weighted by Gasteiger charge is -2.07. The Bertz CT molecular complexity index is 708. The van der Waals surface area contributed by atoms with Crippen molar-refractivity contribution in [2.45, 2.75) is 0 Å². The van der Waals surface area contributed by atoms with Crippen molar-refractivity contribution in [1.29, 1.82) is 0 Å². The lowest BCUT2D eigenvalue weighted by atomic mass is 10.3. The number of anilines is 1. The summed E-state index contributed by atoms with van der Waals surface area (Å²) in [5, 5.41) is 2.62. The SMILES string of the molecule is O=C(COC(=O)c1cnc(Cl)c(Cl)c1)Nc1ccc(F)cc1. The van der Waals surface area contributed by atoms with Crippen LogP contribution in [0.4, 0.5) is 10.1 Å². The normalized spacial score (nSPS) is 10.1. The van der Waals surface area contributed by atoms with Gasteiger partial charge >= 0.3 is 5.97 Å². The minimum absolute atomic E-state index is 0.0623. The van der Waals surface area contributed by atoms with E-state index in [9.17, 15) is 14.0 Å². The maximum atomic E-state index is 12.7. The predicted molar refractivity (Wildman–Crippen MR) is 79.6 cm³/mol. The van der Waals surface area contributed by atoms with Gasteiger partial charge in [-0.2, -0.15) is 0 Å². The Kier molecular flexibility index (Phi) is 5.30. The summed E-state index contributed by atoms with van der Waals surface area (Å²) in [5.41, 5.74) is 0.461. The molecular formula is C14H9Cl2FN2O3. The minimum atomic E-state index is -0.764.